The second-order valence-corrected chi connectivity index (χ2v) is 4.84. The highest BCUT2D eigenvalue weighted by molar-refractivity contribution is 5.76. The third-order valence-corrected chi connectivity index (χ3v) is 3.24. The van der Waals surface area contributed by atoms with Crippen molar-refractivity contribution in [2.75, 3.05) is 25.0 Å². The van der Waals surface area contributed by atoms with Gasteiger partial charge in [0, 0.05) is 31.7 Å². The molecule has 1 atom stereocenters. The molecule has 1 fully saturated rings. The largest absolute Gasteiger partial charge is 0.370 e. The number of hydrogen-bond acceptors (Lipinski definition) is 4. The summed E-state index contributed by atoms with van der Waals surface area (Å²) in [4.78, 5) is 15.8. The van der Waals surface area contributed by atoms with Gasteiger partial charge in [0.05, 0.1) is 0 Å². The monoisotopic (exact) mass is 262 g/mol. The van der Waals surface area contributed by atoms with Crippen molar-refractivity contribution in [3.8, 4) is 0 Å². The first kappa shape index (κ1) is 13.8. The number of nitrogens with one attached hydrogen (secondary N) is 3. The Hall–Kier alpha value is -1.62. The zero-order valence-corrected chi connectivity index (χ0v) is 11.2. The number of aromatic nitrogens is 1. The molecule has 1 unspecified atom stereocenters. The minimum absolute atomic E-state index is 0.150. The van der Waals surface area contributed by atoms with Crippen molar-refractivity contribution in [2.45, 2.75) is 31.7 Å². The summed E-state index contributed by atoms with van der Waals surface area (Å²) in [6.45, 7) is 2.58. The van der Waals surface area contributed by atoms with Gasteiger partial charge < -0.3 is 16.0 Å². The molecule has 0 aliphatic carbocycles. The molecule has 19 heavy (non-hydrogen) atoms. The summed E-state index contributed by atoms with van der Waals surface area (Å²) in [7, 11) is 0. The molecule has 5 nitrogen and oxygen atoms in total. The molecule has 0 aromatic carbocycles. The minimum Gasteiger partial charge on any atom is -0.370 e. The van der Waals surface area contributed by atoms with Crippen molar-refractivity contribution in [2.24, 2.45) is 0 Å². The molecule has 104 valence electrons. The van der Waals surface area contributed by atoms with E-state index in [1.807, 2.05) is 18.2 Å². The Bertz CT molecular complexity index is 376. The first-order valence-corrected chi connectivity index (χ1v) is 6.99. The maximum atomic E-state index is 11.6. The van der Waals surface area contributed by atoms with Crippen LogP contribution in [-0.4, -0.2) is 36.6 Å². The average molecular weight is 262 g/mol. The lowest BCUT2D eigenvalue weighted by Crippen LogP contribution is -2.32. The molecular formula is C14H22N4O. The van der Waals surface area contributed by atoms with E-state index in [0.717, 1.165) is 31.7 Å². The van der Waals surface area contributed by atoms with Crippen molar-refractivity contribution in [3.05, 3.63) is 24.4 Å². The molecule has 2 heterocycles. The van der Waals surface area contributed by atoms with E-state index in [9.17, 15) is 4.79 Å². The molecule has 1 saturated heterocycles. The van der Waals surface area contributed by atoms with Crippen molar-refractivity contribution >= 4 is 11.7 Å². The van der Waals surface area contributed by atoms with Gasteiger partial charge in [-0.3, -0.25) is 4.79 Å². The first-order chi connectivity index (χ1) is 9.34. The highest BCUT2D eigenvalue weighted by atomic mass is 16.1. The smallest absolute Gasteiger partial charge is 0.221 e. The fourth-order valence-corrected chi connectivity index (χ4v) is 2.23. The Kier molecular flexibility index (Phi) is 5.62. The number of anilines is 1. The van der Waals surface area contributed by atoms with Gasteiger partial charge in [-0.2, -0.15) is 0 Å². The molecule has 3 N–H and O–H groups in total. The Labute approximate surface area is 114 Å². The van der Waals surface area contributed by atoms with Crippen LogP contribution in [0.3, 0.4) is 0 Å². The Balaban J connectivity index is 1.50. The summed E-state index contributed by atoms with van der Waals surface area (Å²) >= 11 is 0. The van der Waals surface area contributed by atoms with Crippen LogP contribution in [0.1, 0.15) is 25.7 Å². The second kappa shape index (κ2) is 7.74. The van der Waals surface area contributed by atoms with Crippen molar-refractivity contribution < 1.29 is 4.79 Å². The maximum absolute atomic E-state index is 11.6. The standard InChI is InChI=1S/C14H22N4O/c19-14(11-12-5-3-8-15-12)18-10-4-9-17-13-6-1-2-7-16-13/h1-2,6-7,12,15H,3-5,8-11H2,(H,16,17)(H,18,19). The van der Waals surface area contributed by atoms with Crippen LogP contribution in [0.15, 0.2) is 24.4 Å². The van der Waals surface area contributed by atoms with Gasteiger partial charge in [0.15, 0.2) is 0 Å². The number of amides is 1. The fraction of sp³-hybridized carbons (Fsp3) is 0.571. The zero-order chi connectivity index (χ0) is 13.3. The molecule has 1 aromatic rings. The molecule has 0 radical (unpaired) electrons. The highest BCUT2D eigenvalue weighted by Crippen LogP contribution is 2.08. The molecule has 1 amide bonds. The molecule has 1 aromatic heterocycles. The van der Waals surface area contributed by atoms with E-state index in [4.69, 9.17) is 0 Å². The first-order valence-electron chi connectivity index (χ1n) is 6.99. The van der Waals surface area contributed by atoms with Gasteiger partial charge in [-0.15, -0.1) is 0 Å². The van der Waals surface area contributed by atoms with E-state index in [1.165, 1.54) is 6.42 Å². The lowest BCUT2D eigenvalue weighted by atomic mass is 10.1. The van der Waals surface area contributed by atoms with Crippen molar-refractivity contribution in [1.82, 2.24) is 15.6 Å². The zero-order valence-electron chi connectivity index (χ0n) is 11.2. The van der Waals surface area contributed by atoms with Gasteiger partial charge in [0.25, 0.3) is 0 Å². The predicted octanol–water partition coefficient (Wildman–Crippen LogP) is 1.14. The number of hydrogen-bond donors (Lipinski definition) is 3. The van der Waals surface area contributed by atoms with Crippen LogP contribution in [0.4, 0.5) is 5.82 Å². The van der Waals surface area contributed by atoms with Crippen LogP contribution in [0.5, 0.6) is 0 Å². The van der Waals surface area contributed by atoms with Crippen LogP contribution < -0.4 is 16.0 Å². The summed E-state index contributed by atoms with van der Waals surface area (Å²) < 4.78 is 0. The summed E-state index contributed by atoms with van der Waals surface area (Å²) in [5, 5.41) is 9.50. The van der Waals surface area contributed by atoms with E-state index < -0.39 is 0 Å². The summed E-state index contributed by atoms with van der Waals surface area (Å²) in [6.07, 6.45) is 5.58. The predicted molar refractivity (Wildman–Crippen MR) is 76.0 cm³/mol. The van der Waals surface area contributed by atoms with Gasteiger partial charge in [0.2, 0.25) is 5.91 Å². The number of carbonyl (C=O) groups is 1. The van der Waals surface area contributed by atoms with Crippen LogP contribution >= 0.6 is 0 Å². The Morgan fingerprint density at radius 1 is 1.42 bits per heavy atom. The molecule has 0 saturated carbocycles. The van der Waals surface area contributed by atoms with Gasteiger partial charge >= 0.3 is 0 Å². The van der Waals surface area contributed by atoms with E-state index in [-0.39, 0.29) is 5.91 Å². The molecule has 2 rings (SSSR count). The number of nitrogens with zero attached hydrogens (tertiary/aromatic N) is 1. The Morgan fingerprint density at radius 3 is 3.11 bits per heavy atom. The quantitative estimate of drug-likeness (QED) is 0.645. The van der Waals surface area contributed by atoms with Gasteiger partial charge in [-0.1, -0.05) is 6.07 Å². The number of carbonyl (C=O) groups excluding carboxylic acids is 1. The third-order valence-electron chi connectivity index (χ3n) is 3.24. The molecular weight excluding hydrogens is 240 g/mol. The van der Waals surface area contributed by atoms with Crippen molar-refractivity contribution in [3.63, 3.8) is 0 Å². The summed E-state index contributed by atoms with van der Waals surface area (Å²) in [5.41, 5.74) is 0. The third kappa shape index (κ3) is 5.26. The van der Waals surface area contributed by atoms with Gasteiger partial charge in [-0.05, 0) is 37.9 Å². The molecule has 0 bridgehead atoms. The highest BCUT2D eigenvalue weighted by Gasteiger charge is 2.16. The van der Waals surface area contributed by atoms with Crippen LogP contribution in [0.25, 0.3) is 0 Å². The summed E-state index contributed by atoms with van der Waals surface area (Å²) in [6, 6.07) is 6.16. The van der Waals surface area contributed by atoms with Crippen LogP contribution in [-0.2, 0) is 4.79 Å². The van der Waals surface area contributed by atoms with E-state index >= 15 is 0 Å². The average Bonchev–Trinajstić information content (AvgIpc) is 2.92. The SMILES string of the molecule is O=C(CC1CCCN1)NCCCNc1ccccn1. The molecule has 1 aliphatic heterocycles. The fourth-order valence-electron chi connectivity index (χ4n) is 2.23. The molecule has 5 heteroatoms. The summed E-state index contributed by atoms with van der Waals surface area (Å²) in [5.74, 6) is 1.03. The van der Waals surface area contributed by atoms with E-state index in [1.54, 1.807) is 6.20 Å². The van der Waals surface area contributed by atoms with Gasteiger partial charge in [0.1, 0.15) is 5.82 Å². The van der Waals surface area contributed by atoms with Crippen LogP contribution in [0.2, 0.25) is 0 Å². The lowest BCUT2D eigenvalue weighted by molar-refractivity contribution is -0.121. The van der Waals surface area contributed by atoms with E-state index in [0.29, 0.717) is 19.0 Å². The van der Waals surface area contributed by atoms with Crippen LogP contribution in [0, 0.1) is 0 Å². The number of pyridine rings is 1. The van der Waals surface area contributed by atoms with Crippen molar-refractivity contribution in [1.29, 1.82) is 0 Å². The normalized spacial score (nSPS) is 18.2. The lowest BCUT2D eigenvalue weighted by Gasteiger charge is -2.10. The Morgan fingerprint density at radius 2 is 2.37 bits per heavy atom. The molecule has 0 spiro atoms. The minimum atomic E-state index is 0.150. The maximum Gasteiger partial charge on any atom is 0.221 e. The van der Waals surface area contributed by atoms with Gasteiger partial charge in [-0.25, -0.2) is 4.98 Å². The second-order valence-electron chi connectivity index (χ2n) is 4.84. The van der Waals surface area contributed by atoms with E-state index in [2.05, 4.69) is 20.9 Å². The molecule has 1 aliphatic rings. The number of rotatable bonds is 7. The topological polar surface area (TPSA) is 66.1 Å².